The van der Waals surface area contributed by atoms with E-state index in [9.17, 15) is 20.1 Å². The quantitative estimate of drug-likeness (QED) is 0.109. The first kappa shape index (κ1) is 33.6. The van der Waals surface area contributed by atoms with E-state index in [1.807, 2.05) is 97.1 Å². The van der Waals surface area contributed by atoms with Crippen molar-refractivity contribution < 1.29 is 20.1 Å². The third kappa shape index (κ3) is 5.79. The molecule has 0 saturated heterocycles. The Hall–Kier alpha value is -6.27. The summed E-state index contributed by atoms with van der Waals surface area (Å²) in [7, 11) is -3.05. The van der Waals surface area contributed by atoms with E-state index in [2.05, 4.69) is 84.9 Å². The van der Waals surface area contributed by atoms with Gasteiger partial charge in [-0.05, 0) is 110 Å². The lowest BCUT2D eigenvalue weighted by molar-refractivity contribution is 0.425. The topological polar surface area (TPSA) is 80.9 Å². The SMILES string of the molecule is OB(O)c1c2ccccc2c(-c2ccc3ccccc3c2)c2ccccc12.OB(O)c1c2ccccc2c(-c2ccc3ccccc3c2)c2ccccc12. The van der Waals surface area contributed by atoms with Crippen LogP contribution in [0.4, 0.5) is 0 Å². The monoisotopic (exact) mass is 696 g/mol. The predicted octanol–water partition coefficient (Wildman–Crippen LogP) is 8.99. The summed E-state index contributed by atoms with van der Waals surface area (Å²) in [5, 5.41) is 52.7. The summed E-state index contributed by atoms with van der Waals surface area (Å²) in [6.07, 6.45) is 0. The van der Waals surface area contributed by atoms with Crippen LogP contribution in [0.2, 0.25) is 0 Å². The highest BCUT2D eigenvalue weighted by molar-refractivity contribution is 6.66. The van der Waals surface area contributed by atoms with E-state index in [0.29, 0.717) is 10.9 Å². The van der Waals surface area contributed by atoms with Crippen LogP contribution in [0.5, 0.6) is 0 Å². The van der Waals surface area contributed by atoms with Crippen LogP contribution < -0.4 is 10.9 Å². The van der Waals surface area contributed by atoms with Crippen molar-refractivity contribution in [3.8, 4) is 22.3 Å². The van der Waals surface area contributed by atoms with Crippen LogP contribution >= 0.6 is 0 Å². The molecule has 4 N–H and O–H groups in total. The number of hydrogen-bond donors (Lipinski definition) is 4. The molecule has 10 aromatic carbocycles. The van der Waals surface area contributed by atoms with Gasteiger partial charge in [0.05, 0.1) is 0 Å². The van der Waals surface area contributed by atoms with Gasteiger partial charge in [0.15, 0.2) is 0 Å². The Morgan fingerprint density at radius 1 is 0.259 bits per heavy atom. The molecule has 0 heterocycles. The molecular formula is C48H34B2O4. The van der Waals surface area contributed by atoms with Crippen LogP contribution in [0.25, 0.3) is 86.9 Å². The normalized spacial score (nSPS) is 11.3. The predicted molar refractivity (Wildman–Crippen MR) is 228 cm³/mol. The highest BCUT2D eigenvalue weighted by Crippen LogP contribution is 2.38. The van der Waals surface area contributed by atoms with E-state index >= 15 is 0 Å². The molecule has 0 spiro atoms. The maximum Gasteiger partial charge on any atom is 0.489 e. The minimum atomic E-state index is -1.52. The van der Waals surface area contributed by atoms with E-state index in [1.165, 1.54) is 21.5 Å². The standard InChI is InChI=1S/2C24H17BO2/c2*26-25(27)24-21-11-5-3-9-19(21)23(20-10-4-6-12-22(20)24)18-14-13-16-7-1-2-8-17(16)15-18/h2*1-15,26-27H. The van der Waals surface area contributed by atoms with E-state index in [4.69, 9.17) is 0 Å². The molecule has 0 atom stereocenters. The number of benzene rings is 10. The van der Waals surface area contributed by atoms with E-state index in [1.54, 1.807) is 0 Å². The molecule has 0 unspecified atom stereocenters. The van der Waals surface area contributed by atoms with Crippen LogP contribution in [0.1, 0.15) is 0 Å². The van der Waals surface area contributed by atoms with Gasteiger partial charge in [-0.2, -0.15) is 0 Å². The van der Waals surface area contributed by atoms with Gasteiger partial charge in [0.2, 0.25) is 0 Å². The summed E-state index contributed by atoms with van der Waals surface area (Å²) < 4.78 is 0. The van der Waals surface area contributed by atoms with Crippen LogP contribution in [-0.2, 0) is 0 Å². The fraction of sp³-hybridized carbons (Fsp3) is 0. The zero-order valence-electron chi connectivity index (χ0n) is 29.3. The molecule has 0 amide bonds. The molecule has 0 bridgehead atoms. The third-order valence-electron chi connectivity index (χ3n) is 10.5. The molecule has 0 fully saturated rings. The van der Waals surface area contributed by atoms with Crippen molar-refractivity contribution in [2.75, 3.05) is 0 Å². The fourth-order valence-corrected chi connectivity index (χ4v) is 8.19. The number of fused-ring (bicyclic) bond motifs is 6. The lowest BCUT2D eigenvalue weighted by Gasteiger charge is -2.17. The van der Waals surface area contributed by atoms with Crippen molar-refractivity contribution in [1.82, 2.24) is 0 Å². The lowest BCUT2D eigenvalue weighted by Crippen LogP contribution is -2.31. The highest BCUT2D eigenvalue weighted by atomic mass is 16.4. The Kier molecular flexibility index (Phi) is 8.66. The maximum absolute atomic E-state index is 10.1. The van der Waals surface area contributed by atoms with Gasteiger partial charge in [-0.1, -0.05) is 170 Å². The summed E-state index contributed by atoms with van der Waals surface area (Å²) in [6.45, 7) is 0. The molecule has 4 nitrogen and oxygen atoms in total. The average molecular weight is 696 g/mol. The second-order valence-electron chi connectivity index (χ2n) is 13.6. The molecule has 256 valence electrons. The maximum atomic E-state index is 10.1. The first-order valence-electron chi connectivity index (χ1n) is 18.1. The number of hydrogen-bond acceptors (Lipinski definition) is 4. The third-order valence-corrected chi connectivity index (χ3v) is 10.5. The van der Waals surface area contributed by atoms with Crippen LogP contribution in [0.15, 0.2) is 182 Å². The van der Waals surface area contributed by atoms with Gasteiger partial charge in [-0.3, -0.25) is 0 Å². The molecule has 0 saturated carbocycles. The van der Waals surface area contributed by atoms with Gasteiger partial charge in [-0.15, -0.1) is 0 Å². The fourth-order valence-electron chi connectivity index (χ4n) is 8.19. The van der Waals surface area contributed by atoms with Crippen molar-refractivity contribution in [2.24, 2.45) is 0 Å². The zero-order chi connectivity index (χ0) is 36.8. The highest BCUT2D eigenvalue weighted by Gasteiger charge is 2.23. The first-order valence-corrected chi connectivity index (χ1v) is 18.1. The van der Waals surface area contributed by atoms with Crippen molar-refractivity contribution in [3.63, 3.8) is 0 Å². The lowest BCUT2D eigenvalue weighted by atomic mass is 9.72. The summed E-state index contributed by atoms with van der Waals surface area (Å²) in [5.41, 5.74) is 5.62. The van der Waals surface area contributed by atoms with Gasteiger partial charge in [-0.25, -0.2) is 0 Å². The van der Waals surface area contributed by atoms with Gasteiger partial charge in [0, 0.05) is 0 Å². The van der Waals surface area contributed by atoms with E-state index in [-0.39, 0.29) is 0 Å². The molecule has 10 aromatic rings. The summed E-state index contributed by atoms with van der Waals surface area (Å²) in [4.78, 5) is 0. The first-order chi connectivity index (χ1) is 26.5. The van der Waals surface area contributed by atoms with E-state index < -0.39 is 14.2 Å². The molecule has 0 aliphatic heterocycles. The average Bonchev–Trinajstić information content (AvgIpc) is 3.21. The van der Waals surface area contributed by atoms with E-state index in [0.717, 1.165) is 65.3 Å². The molecule has 10 rings (SSSR count). The smallest absolute Gasteiger partial charge is 0.423 e. The largest absolute Gasteiger partial charge is 0.489 e. The zero-order valence-corrected chi connectivity index (χ0v) is 29.3. The van der Waals surface area contributed by atoms with Crippen LogP contribution in [0.3, 0.4) is 0 Å². The molecule has 0 aliphatic rings. The van der Waals surface area contributed by atoms with Crippen molar-refractivity contribution in [2.45, 2.75) is 0 Å². The van der Waals surface area contributed by atoms with Gasteiger partial charge >= 0.3 is 14.2 Å². The summed E-state index contributed by atoms with van der Waals surface area (Å²) in [6, 6.07) is 61.4. The minimum Gasteiger partial charge on any atom is -0.423 e. The van der Waals surface area contributed by atoms with Crippen LogP contribution in [-0.4, -0.2) is 34.3 Å². The molecular weight excluding hydrogens is 662 g/mol. The number of rotatable bonds is 4. The molecule has 0 aromatic heterocycles. The Bertz CT molecular complexity index is 2710. The Morgan fingerprint density at radius 2 is 0.519 bits per heavy atom. The Balaban J connectivity index is 0.000000142. The van der Waals surface area contributed by atoms with Gasteiger partial charge < -0.3 is 20.1 Å². The summed E-state index contributed by atoms with van der Waals surface area (Å²) >= 11 is 0. The molecule has 0 radical (unpaired) electrons. The van der Waals surface area contributed by atoms with Crippen molar-refractivity contribution in [3.05, 3.63) is 182 Å². The Morgan fingerprint density at radius 3 is 0.815 bits per heavy atom. The minimum absolute atomic E-state index is 0.561. The molecule has 6 heteroatoms. The van der Waals surface area contributed by atoms with Crippen molar-refractivity contribution in [1.29, 1.82) is 0 Å². The Labute approximate surface area is 313 Å². The summed E-state index contributed by atoms with van der Waals surface area (Å²) in [5.74, 6) is 0. The van der Waals surface area contributed by atoms with Crippen LogP contribution in [0, 0.1) is 0 Å². The molecule has 54 heavy (non-hydrogen) atoms. The second-order valence-corrected chi connectivity index (χ2v) is 13.6. The van der Waals surface area contributed by atoms with Gasteiger partial charge in [0.25, 0.3) is 0 Å². The molecule has 0 aliphatic carbocycles. The van der Waals surface area contributed by atoms with Crippen molar-refractivity contribution >= 4 is 89.8 Å². The second kappa shape index (κ2) is 13.9. The van der Waals surface area contributed by atoms with Gasteiger partial charge in [0.1, 0.15) is 0 Å².